The highest BCUT2D eigenvalue weighted by molar-refractivity contribution is 5.92. The SMILES string of the molecule is CCCNc1cccc(C(=O)NC2CCCC(C)CC2)n1. The number of aromatic nitrogens is 1. The fourth-order valence-corrected chi connectivity index (χ4v) is 2.80. The first-order chi connectivity index (χ1) is 10.2. The molecule has 0 spiro atoms. The van der Waals surface area contributed by atoms with E-state index in [1.54, 1.807) is 6.07 Å². The Hall–Kier alpha value is -1.58. The maximum Gasteiger partial charge on any atom is 0.270 e. The van der Waals surface area contributed by atoms with E-state index in [1.165, 1.54) is 19.3 Å². The number of nitrogens with one attached hydrogen (secondary N) is 2. The molecule has 116 valence electrons. The van der Waals surface area contributed by atoms with E-state index >= 15 is 0 Å². The Labute approximate surface area is 127 Å². The standard InChI is InChI=1S/C17H27N3O/c1-3-12-18-16-9-5-8-15(20-16)17(21)19-14-7-4-6-13(2)10-11-14/h5,8-9,13-14H,3-4,6-7,10-12H2,1-2H3,(H,18,20)(H,19,21). The number of pyridine rings is 1. The van der Waals surface area contributed by atoms with Crippen molar-refractivity contribution >= 4 is 11.7 Å². The summed E-state index contributed by atoms with van der Waals surface area (Å²) in [4.78, 5) is 16.7. The Morgan fingerprint density at radius 1 is 1.29 bits per heavy atom. The van der Waals surface area contributed by atoms with Crippen LogP contribution in [0.2, 0.25) is 0 Å². The van der Waals surface area contributed by atoms with Gasteiger partial charge in [-0.05, 0) is 43.7 Å². The smallest absolute Gasteiger partial charge is 0.270 e. The third-order valence-electron chi connectivity index (χ3n) is 4.13. The number of amides is 1. The summed E-state index contributed by atoms with van der Waals surface area (Å²) in [5, 5.41) is 6.37. The predicted molar refractivity (Wildman–Crippen MR) is 86.5 cm³/mol. The largest absolute Gasteiger partial charge is 0.370 e. The van der Waals surface area contributed by atoms with Crippen LogP contribution in [0.15, 0.2) is 18.2 Å². The van der Waals surface area contributed by atoms with Crippen LogP contribution >= 0.6 is 0 Å². The highest BCUT2D eigenvalue weighted by Gasteiger charge is 2.19. The summed E-state index contributed by atoms with van der Waals surface area (Å²) in [7, 11) is 0. The van der Waals surface area contributed by atoms with Gasteiger partial charge in [-0.25, -0.2) is 4.98 Å². The number of carbonyl (C=O) groups is 1. The fourth-order valence-electron chi connectivity index (χ4n) is 2.80. The molecular formula is C17H27N3O. The van der Waals surface area contributed by atoms with Gasteiger partial charge in [-0.1, -0.05) is 32.8 Å². The van der Waals surface area contributed by atoms with Gasteiger partial charge in [0.15, 0.2) is 0 Å². The lowest BCUT2D eigenvalue weighted by atomic mass is 10.0. The van der Waals surface area contributed by atoms with Crippen LogP contribution in [0.5, 0.6) is 0 Å². The van der Waals surface area contributed by atoms with E-state index in [1.807, 2.05) is 12.1 Å². The summed E-state index contributed by atoms with van der Waals surface area (Å²) in [6.07, 6.45) is 6.90. The van der Waals surface area contributed by atoms with Gasteiger partial charge in [0.05, 0.1) is 0 Å². The molecule has 1 heterocycles. The van der Waals surface area contributed by atoms with E-state index in [2.05, 4.69) is 29.5 Å². The van der Waals surface area contributed by atoms with Crippen molar-refractivity contribution in [1.82, 2.24) is 10.3 Å². The molecule has 0 aromatic carbocycles. The lowest BCUT2D eigenvalue weighted by Crippen LogP contribution is -2.35. The van der Waals surface area contributed by atoms with Crippen LogP contribution < -0.4 is 10.6 Å². The zero-order valence-electron chi connectivity index (χ0n) is 13.2. The molecule has 0 bridgehead atoms. The molecule has 4 heteroatoms. The molecule has 0 saturated heterocycles. The molecule has 2 unspecified atom stereocenters. The van der Waals surface area contributed by atoms with Crippen LogP contribution in [0, 0.1) is 5.92 Å². The molecule has 1 aromatic heterocycles. The summed E-state index contributed by atoms with van der Waals surface area (Å²) in [6, 6.07) is 5.87. The third kappa shape index (κ3) is 5.03. The van der Waals surface area contributed by atoms with Gasteiger partial charge >= 0.3 is 0 Å². The van der Waals surface area contributed by atoms with Gasteiger partial charge in [-0.15, -0.1) is 0 Å². The highest BCUT2D eigenvalue weighted by Crippen LogP contribution is 2.22. The second-order valence-corrected chi connectivity index (χ2v) is 6.12. The average Bonchev–Trinajstić information content (AvgIpc) is 2.70. The van der Waals surface area contributed by atoms with Gasteiger partial charge < -0.3 is 10.6 Å². The van der Waals surface area contributed by atoms with Crippen LogP contribution in [0.4, 0.5) is 5.82 Å². The number of hydrogen-bond donors (Lipinski definition) is 2. The van der Waals surface area contributed by atoms with Crippen molar-refractivity contribution in [2.24, 2.45) is 5.92 Å². The van der Waals surface area contributed by atoms with Crippen molar-refractivity contribution in [1.29, 1.82) is 0 Å². The molecule has 4 nitrogen and oxygen atoms in total. The summed E-state index contributed by atoms with van der Waals surface area (Å²) in [6.45, 7) is 5.28. The molecule has 1 amide bonds. The maximum atomic E-state index is 12.3. The van der Waals surface area contributed by atoms with Crippen LogP contribution in [0.1, 0.15) is 62.9 Å². The lowest BCUT2D eigenvalue weighted by molar-refractivity contribution is 0.0928. The van der Waals surface area contributed by atoms with Gasteiger partial charge in [-0.2, -0.15) is 0 Å². The average molecular weight is 289 g/mol. The molecule has 1 fully saturated rings. The Balaban J connectivity index is 1.93. The minimum atomic E-state index is -0.0466. The van der Waals surface area contributed by atoms with E-state index < -0.39 is 0 Å². The Morgan fingerprint density at radius 3 is 2.95 bits per heavy atom. The normalized spacial score (nSPS) is 22.4. The molecule has 0 radical (unpaired) electrons. The second kappa shape index (κ2) is 8.01. The van der Waals surface area contributed by atoms with Gasteiger partial charge in [0, 0.05) is 12.6 Å². The number of hydrogen-bond acceptors (Lipinski definition) is 3. The minimum Gasteiger partial charge on any atom is -0.370 e. The van der Waals surface area contributed by atoms with Crippen molar-refractivity contribution in [2.45, 2.75) is 58.4 Å². The summed E-state index contributed by atoms with van der Waals surface area (Å²) < 4.78 is 0. The zero-order valence-corrected chi connectivity index (χ0v) is 13.2. The van der Waals surface area contributed by atoms with E-state index in [9.17, 15) is 4.79 Å². The van der Waals surface area contributed by atoms with E-state index in [0.29, 0.717) is 11.7 Å². The van der Waals surface area contributed by atoms with Crippen LogP contribution in [0.3, 0.4) is 0 Å². The topological polar surface area (TPSA) is 54.0 Å². The summed E-state index contributed by atoms with van der Waals surface area (Å²) >= 11 is 0. The number of anilines is 1. The monoisotopic (exact) mass is 289 g/mol. The first-order valence-electron chi connectivity index (χ1n) is 8.21. The second-order valence-electron chi connectivity index (χ2n) is 6.12. The van der Waals surface area contributed by atoms with E-state index in [0.717, 1.165) is 37.5 Å². The van der Waals surface area contributed by atoms with Crippen molar-refractivity contribution in [3.63, 3.8) is 0 Å². The molecule has 1 aliphatic carbocycles. The van der Waals surface area contributed by atoms with Crippen LogP contribution in [-0.4, -0.2) is 23.5 Å². The van der Waals surface area contributed by atoms with Crippen molar-refractivity contribution < 1.29 is 4.79 Å². The molecule has 1 aliphatic rings. The quantitative estimate of drug-likeness (QED) is 0.814. The molecule has 1 saturated carbocycles. The molecular weight excluding hydrogens is 262 g/mol. The molecule has 21 heavy (non-hydrogen) atoms. The Bertz CT molecular complexity index is 461. The first-order valence-corrected chi connectivity index (χ1v) is 8.21. The van der Waals surface area contributed by atoms with Crippen molar-refractivity contribution in [3.8, 4) is 0 Å². The molecule has 1 aromatic rings. The summed E-state index contributed by atoms with van der Waals surface area (Å²) in [5.41, 5.74) is 0.508. The van der Waals surface area contributed by atoms with Gasteiger partial charge in [-0.3, -0.25) is 4.79 Å². The minimum absolute atomic E-state index is 0.0466. The molecule has 2 atom stereocenters. The zero-order chi connectivity index (χ0) is 15.1. The number of rotatable bonds is 5. The first kappa shape index (κ1) is 15.8. The third-order valence-corrected chi connectivity index (χ3v) is 4.13. The maximum absolute atomic E-state index is 12.3. The van der Waals surface area contributed by atoms with Gasteiger partial charge in [0.25, 0.3) is 5.91 Å². The Kier molecular flexibility index (Phi) is 6.03. The van der Waals surface area contributed by atoms with Crippen LogP contribution in [0.25, 0.3) is 0 Å². The molecule has 0 aliphatic heterocycles. The van der Waals surface area contributed by atoms with Crippen molar-refractivity contribution in [2.75, 3.05) is 11.9 Å². The highest BCUT2D eigenvalue weighted by atomic mass is 16.1. The molecule has 2 N–H and O–H groups in total. The number of carbonyl (C=O) groups excluding carboxylic acids is 1. The number of nitrogens with zero attached hydrogens (tertiary/aromatic N) is 1. The van der Waals surface area contributed by atoms with Gasteiger partial charge in [0.1, 0.15) is 11.5 Å². The predicted octanol–water partition coefficient (Wildman–Crippen LogP) is 3.60. The fraction of sp³-hybridized carbons (Fsp3) is 0.647. The van der Waals surface area contributed by atoms with Crippen molar-refractivity contribution in [3.05, 3.63) is 23.9 Å². The Morgan fingerprint density at radius 2 is 2.14 bits per heavy atom. The summed E-state index contributed by atoms with van der Waals surface area (Å²) in [5.74, 6) is 1.51. The van der Waals surface area contributed by atoms with Gasteiger partial charge in [0.2, 0.25) is 0 Å². The lowest BCUT2D eigenvalue weighted by Gasteiger charge is -2.16. The molecule has 2 rings (SSSR count). The van der Waals surface area contributed by atoms with Crippen LogP contribution in [-0.2, 0) is 0 Å². The van der Waals surface area contributed by atoms with E-state index in [4.69, 9.17) is 0 Å². The van der Waals surface area contributed by atoms with E-state index in [-0.39, 0.29) is 5.91 Å².